The lowest BCUT2D eigenvalue weighted by molar-refractivity contribution is -0.147. The Morgan fingerprint density at radius 2 is 1.89 bits per heavy atom. The topological polar surface area (TPSA) is 63.6 Å². The first kappa shape index (κ1) is 12.6. The molecule has 18 heavy (non-hydrogen) atoms. The van der Waals surface area contributed by atoms with Crippen molar-refractivity contribution in [3.63, 3.8) is 0 Å². The van der Waals surface area contributed by atoms with Crippen molar-refractivity contribution in [2.75, 3.05) is 7.11 Å². The van der Waals surface area contributed by atoms with Gasteiger partial charge in [-0.05, 0) is 24.0 Å². The molecule has 2 rings (SSSR count). The summed E-state index contributed by atoms with van der Waals surface area (Å²) in [5, 5.41) is 9.32. The molecule has 0 unspecified atom stereocenters. The fourth-order valence-corrected chi connectivity index (χ4v) is 2.34. The number of carboxylic acid groups (broad SMARTS) is 1. The van der Waals surface area contributed by atoms with Crippen LogP contribution in [0, 0.1) is 0 Å². The molecule has 0 amide bonds. The Hall–Kier alpha value is -1.84. The predicted octanol–water partition coefficient (Wildman–Crippen LogP) is 1.91. The highest BCUT2D eigenvalue weighted by Crippen LogP contribution is 2.43. The number of hydrogen-bond acceptors (Lipinski definition) is 3. The normalized spacial score (nSPS) is 16.7. The molecule has 1 aliphatic carbocycles. The van der Waals surface area contributed by atoms with Crippen LogP contribution in [0.15, 0.2) is 24.3 Å². The maximum atomic E-state index is 11.3. The predicted molar refractivity (Wildman–Crippen MR) is 65.3 cm³/mol. The van der Waals surface area contributed by atoms with Crippen molar-refractivity contribution in [1.82, 2.24) is 0 Å². The Bertz CT molecular complexity index is 457. The third-order valence-corrected chi connectivity index (χ3v) is 3.70. The van der Waals surface area contributed by atoms with Crippen molar-refractivity contribution in [2.24, 2.45) is 0 Å². The average Bonchev–Trinajstić information content (AvgIpc) is 2.29. The van der Waals surface area contributed by atoms with Gasteiger partial charge in [0.05, 0.1) is 18.9 Å². The molecular weight excluding hydrogens is 232 g/mol. The molecule has 1 aromatic rings. The van der Waals surface area contributed by atoms with E-state index < -0.39 is 11.4 Å². The molecule has 4 heteroatoms. The first-order valence-corrected chi connectivity index (χ1v) is 5.98. The molecule has 0 saturated heterocycles. The fourth-order valence-electron chi connectivity index (χ4n) is 2.34. The summed E-state index contributed by atoms with van der Waals surface area (Å²) in [7, 11) is 1.35. The number of benzene rings is 1. The van der Waals surface area contributed by atoms with Gasteiger partial charge in [0.25, 0.3) is 0 Å². The highest BCUT2D eigenvalue weighted by Gasteiger charge is 2.45. The van der Waals surface area contributed by atoms with Crippen LogP contribution in [0.1, 0.15) is 30.4 Å². The van der Waals surface area contributed by atoms with Gasteiger partial charge in [0, 0.05) is 0 Å². The highest BCUT2D eigenvalue weighted by atomic mass is 16.5. The Kier molecular flexibility index (Phi) is 3.36. The van der Waals surface area contributed by atoms with Crippen LogP contribution >= 0.6 is 0 Å². The van der Waals surface area contributed by atoms with E-state index in [9.17, 15) is 14.7 Å². The molecule has 1 fully saturated rings. The Morgan fingerprint density at radius 3 is 2.28 bits per heavy atom. The lowest BCUT2D eigenvalue weighted by atomic mass is 9.64. The summed E-state index contributed by atoms with van der Waals surface area (Å²) >= 11 is 0. The maximum Gasteiger partial charge on any atom is 0.314 e. The summed E-state index contributed by atoms with van der Waals surface area (Å²) < 4.78 is 4.59. The molecule has 1 aromatic carbocycles. The molecule has 4 nitrogen and oxygen atoms in total. The molecule has 0 aliphatic heterocycles. The van der Waals surface area contributed by atoms with Gasteiger partial charge in [0.15, 0.2) is 0 Å². The molecule has 1 aliphatic rings. The van der Waals surface area contributed by atoms with E-state index in [4.69, 9.17) is 0 Å². The zero-order valence-corrected chi connectivity index (χ0v) is 10.3. The van der Waals surface area contributed by atoms with E-state index in [1.807, 2.05) is 12.1 Å². The number of carboxylic acids is 1. The number of hydrogen-bond donors (Lipinski definition) is 1. The second kappa shape index (κ2) is 4.80. The maximum absolute atomic E-state index is 11.3. The van der Waals surface area contributed by atoms with Crippen LogP contribution in [0.5, 0.6) is 0 Å². The molecule has 96 valence electrons. The van der Waals surface area contributed by atoms with Gasteiger partial charge in [-0.1, -0.05) is 30.7 Å². The van der Waals surface area contributed by atoms with Crippen LogP contribution in [-0.2, 0) is 26.2 Å². The van der Waals surface area contributed by atoms with Gasteiger partial charge in [-0.3, -0.25) is 9.59 Å². The van der Waals surface area contributed by atoms with Crippen LogP contribution in [-0.4, -0.2) is 24.2 Å². The summed E-state index contributed by atoms with van der Waals surface area (Å²) in [5.74, 6) is -1.05. The molecule has 0 bridgehead atoms. The first-order valence-electron chi connectivity index (χ1n) is 5.98. The van der Waals surface area contributed by atoms with Crippen LogP contribution < -0.4 is 0 Å². The number of carbonyl (C=O) groups is 2. The van der Waals surface area contributed by atoms with Crippen molar-refractivity contribution in [3.05, 3.63) is 35.4 Å². The minimum absolute atomic E-state index is 0.219. The molecule has 0 heterocycles. The average molecular weight is 248 g/mol. The number of rotatable bonds is 4. The van der Waals surface area contributed by atoms with E-state index in [1.54, 1.807) is 12.1 Å². The second-order valence-electron chi connectivity index (χ2n) is 4.69. The molecule has 0 spiro atoms. The van der Waals surface area contributed by atoms with E-state index in [-0.39, 0.29) is 12.4 Å². The van der Waals surface area contributed by atoms with Crippen molar-refractivity contribution < 1.29 is 19.4 Å². The molecule has 1 N–H and O–H groups in total. The van der Waals surface area contributed by atoms with Gasteiger partial charge < -0.3 is 9.84 Å². The Morgan fingerprint density at radius 1 is 1.28 bits per heavy atom. The summed E-state index contributed by atoms with van der Waals surface area (Å²) in [6, 6.07) is 7.22. The monoisotopic (exact) mass is 248 g/mol. The highest BCUT2D eigenvalue weighted by molar-refractivity contribution is 5.82. The molecule has 0 radical (unpaired) electrons. The quantitative estimate of drug-likeness (QED) is 0.827. The SMILES string of the molecule is COC(=O)Cc1ccc(C2(C(=O)O)CCC2)cc1. The number of carbonyl (C=O) groups excluding carboxylic acids is 1. The van der Waals surface area contributed by atoms with Crippen molar-refractivity contribution in [2.45, 2.75) is 31.1 Å². The molecule has 0 atom stereocenters. The summed E-state index contributed by atoms with van der Waals surface area (Å²) in [6.45, 7) is 0. The summed E-state index contributed by atoms with van der Waals surface area (Å²) in [6.07, 6.45) is 2.56. The third kappa shape index (κ3) is 2.10. The number of ether oxygens (including phenoxy) is 1. The number of aliphatic carboxylic acids is 1. The minimum atomic E-state index is -0.755. The van der Waals surface area contributed by atoms with Crippen LogP contribution in [0.25, 0.3) is 0 Å². The number of methoxy groups -OCH3 is 1. The zero-order chi connectivity index (χ0) is 13.2. The van der Waals surface area contributed by atoms with Gasteiger partial charge in [-0.25, -0.2) is 0 Å². The van der Waals surface area contributed by atoms with Crippen LogP contribution in [0.3, 0.4) is 0 Å². The van der Waals surface area contributed by atoms with Crippen molar-refractivity contribution in [1.29, 1.82) is 0 Å². The zero-order valence-electron chi connectivity index (χ0n) is 10.3. The summed E-state index contributed by atoms with van der Waals surface area (Å²) in [4.78, 5) is 22.5. The lowest BCUT2D eigenvalue weighted by Gasteiger charge is -2.38. The van der Waals surface area contributed by atoms with E-state index in [2.05, 4.69) is 4.74 Å². The molecule has 0 aromatic heterocycles. The molecular formula is C14H16O4. The first-order chi connectivity index (χ1) is 8.58. The Labute approximate surface area is 106 Å². The van der Waals surface area contributed by atoms with E-state index in [0.29, 0.717) is 12.8 Å². The second-order valence-corrected chi connectivity index (χ2v) is 4.69. The smallest absolute Gasteiger partial charge is 0.314 e. The van der Waals surface area contributed by atoms with Gasteiger partial charge in [0.2, 0.25) is 0 Å². The lowest BCUT2D eigenvalue weighted by Crippen LogP contribution is -2.42. The largest absolute Gasteiger partial charge is 0.481 e. The van der Waals surface area contributed by atoms with Crippen LogP contribution in [0.4, 0.5) is 0 Å². The van der Waals surface area contributed by atoms with E-state index in [0.717, 1.165) is 17.5 Å². The summed E-state index contributed by atoms with van der Waals surface area (Å²) in [5.41, 5.74) is 0.962. The minimum Gasteiger partial charge on any atom is -0.481 e. The Balaban J connectivity index is 2.17. The van der Waals surface area contributed by atoms with Gasteiger partial charge >= 0.3 is 11.9 Å². The molecule has 1 saturated carbocycles. The number of esters is 1. The van der Waals surface area contributed by atoms with Gasteiger partial charge in [0.1, 0.15) is 0 Å². The van der Waals surface area contributed by atoms with E-state index >= 15 is 0 Å². The van der Waals surface area contributed by atoms with Gasteiger partial charge in [-0.15, -0.1) is 0 Å². The standard InChI is InChI=1S/C14H16O4/c1-18-12(15)9-10-3-5-11(6-4-10)14(13(16)17)7-2-8-14/h3-6H,2,7-9H2,1H3,(H,16,17). The fraction of sp³-hybridized carbons (Fsp3) is 0.429. The van der Waals surface area contributed by atoms with Crippen LogP contribution in [0.2, 0.25) is 0 Å². The third-order valence-electron chi connectivity index (χ3n) is 3.70. The van der Waals surface area contributed by atoms with Crippen molar-refractivity contribution >= 4 is 11.9 Å². The van der Waals surface area contributed by atoms with Crippen molar-refractivity contribution in [3.8, 4) is 0 Å². The van der Waals surface area contributed by atoms with E-state index in [1.165, 1.54) is 7.11 Å². The van der Waals surface area contributed by atoms with Gasteiger partial charge in [-0.2, -0.15) is 0 Å².